The number of anilines is 2. The Bertz CT molecular complexity index is 912. The first-order valence-electron chi connectivity index (χ1n) is 7.87. The van der Waals surface area contributed by atoms with E-state index in [1.807, 2.05) is 19.9 Å². The molecule has 0 spiro atoms. The van der Waals surface area contributed by atoms with E-state index in [9.17, 15) is 17.6 Å². The molecule has 0 unspecified atom stereocenters. The van der Waals surface area contributed by atoms with Gasteiger partial charge in [0.2, 0.25) is 15.9 Å². The van der Waals surface area contributed by atoms with E-state index in [1.165, 1.54) is 16.4 Å². The van der Waals surface area contributed by atoms with Crippen molar-refractivity contribution in [3.05, 3.63) is 58.4 Å². The van der Waals surface area contributed by atoms with Gasteiger partial charge in [-0.1, -0.05) is 17.7 Å². The normalized spacial score (nSPS) is 11.3. The molecule has 26 heavy (non-hydrogen) atoms. The van der Waals surface area contributed by atoms with Crippen molar-refractivity contribution < 1.29 is 17.6 Å². The summed E-state index contributed by atoms with van der Waals surface area (Å²) in [5.74, 6) is -0.978. The second-order valence-electron chi connectivity index (χ2n) is 6.11. The zero-order chi connectivity index (χ0) is 19.5. The number of sulfonamides is 1. The van der Waals surface area contributed by atoms with Gasteiger partial charge in [0, 0.05) is 18.7 Å². The largest absolute Gasteiger partial charge is 0.326 e. The van der Waals surface area contributed by atoms with Crippen molar-refractivity contribution in [1.82, 2.24) is 0 Å². The van der Waals surface area contributed by atoms with E-state index in [1.54, 1.807) is 12.1 Å². The SMILES string of the molecule is Cc1cc(C)cc(N(CCC(=O)Nc2ccc(F)c(Cl)c2)S(C)(=O)=O)c1. The second kappa shape index (κ2) is 8.05. The number of halogens is 2. The molecular formula is C18H20ClFN2O3S. The molecular weight excluding hydrogens is 379 g/mol. The fraction of sp³-hybridized carbons (Fsp3) is 0.278. The Morgan fingerprint density at radius 3 is 2.31 bits per heavy atom. The van der Waals surface area contributed by atoms with E-state index < -0.39 is 21.7 Å². The number of amides is 1. The summed E-state index contributed by atoms with van der Waals surface area (Å²) in [6.45, 7) is 3.74. The number of carbonyl (C=O) groups excluding carboxylic acids is 1. The Morgan fingerprint density at radius 2 is 1.77 bits per heavy atom. The summed E-state index contributed by atoms with van der Waals surface area (Å²) >= 11 is 5.68. The van der Waals surface area contributed by atoms with Crippen LogP contribution in [0, 0.1) is 19.7 Å². The molecule has 1 amide bonds. The quantitative estimate of drug-likeness (QED) is 0.802. The zero-order valence-electron chi connectivity index (χ0n) is 14.7. The van der Waals surface area contributed by atoms with Crippen LogP contribution in [0.2, 0.25) is 5.02 Å². The lowest BCUT2D eigenvalue weighted by atomic mass is 10.1. The number of benzene rings is 2. The van der Waals surface area contributed by atoms with Gasteiger partial charge in [0.1, 0.15) is 5.82 Å². The third-order valence-electron chi connectivity index (χ3n) is 3.64. The van der Waals surface area contributed by atoms with E-state index >= 15 is 0 Å². The standard InChI is InChI=1S/C18H20ClFN2O3S/c1-12-8-13(2)10-15(9-12)22(26(3,24)25)7-6-18(23)21-14-4-5-17(20)16(19)11-14/h4-5,8-11H,6-7H2,1-3H3,(H,21,23). The van der Waals surface area contributed by atoms with E-state index in [0.29, 0.717) is 11.4 Å². The monoisotopic (exact) mass is 398 g/mol. The average molecular weight is 399 g/mol. The molecule has 2 rings (SSSR count). The van der Waals surface area contributed by atoms with Gasteiger partial charge in [-0.05, 0) is 55.3 Å². The van der Waals surface area contributed by atoms with Gasteiger partial charge >= 0.3 is 0 Å². The Hall–Kier alpha value is -2.12. The molecule has 0 aliphatic heterocycles. The molecule has 0 saturated carbocycles. The summed E-state index contributed by atoms with van der Waals surface area (Å²) in [5.41, 5.74) is 2.72. The van der Waals surface area contributed by atoms with Crippen LogP contribution in [-0.2, 0) is 14.8 Å². The van der Waals surface area contributed by atoms with Gasteiger partial charge in [-0.3, -0.25) is 9.10 Å². The summed E-state index contributed by atoms with van der Waals surface area (Å²) in [5, 5.41) is 2.48. The van der Waals surface area contributed by atoms with Gasteiger partial charge in [-0.15, -0.1) is 0 Å². The average Bonchev–Trinajstić information content (AvgIpc) is 2.49. The van der Waals surface area contributed by atoms with Crippen molar-refractivity contribution in [1.29, 1.82) is 0 Å². The Balaban J connectivity index is 2.12. The summed E-state index contributed by atoms with van der Waals surface area (Å²) in [6, 6.07) is 9.28. The maximum absolute atomic E-state index is 13.2. The molecule has 2 aromatic carbocycles. The van der Waals surface area contributed by atoms with E-state index in [4.69, 9.17) is 11.6 Å². The van der Waals surface area contributed by atoms with Gasteiger partial charge < -0.3 is 5.32 Å². The van der Waals surface area contributed by atoms with Gasteiger partial charge in [-0.2, -0.15) is 0 Å². The summed E-state index contributed by atoms with van der Waals surface area (Å²) in [6.07, 6.45) is 1.04. The first-order valence-corrected chi connectivity index (χ1v) is 10.1. The zero-order valence-corrected chi connectivity index (χ0v) is 16.3. The molecule has 0 bridgehead atoms. The van der Waals surface area contributed by atoms with E-state index in [-0.39, 0.29) is 18.0 Å². The van der Waals surface area contributed by atoms with Crippen LogP contribution in [0.1, 0.15) is 17.5 Å². The topological polar surface area (TPSA) is 66.5 Å². The van der Waals surface area contributed by atoms with Gasteiger partial charge in [0.15, 0.2) is 0 Å². The highest BCUT2D eigenvalue weighted by Gasteiger charge is 2.19. The molecule has 0 saturated heterocycles. The number of aryl methyl sites for hydroxylation is 2. The van der Waals surface area contributed by atoms with E-state index in [0.717, 1.165) is 23.4 Å². The molecule has 140 valence electrons. The fourth-order valence-electron chi connectivity index (χ4n) is 2.58. The number of nitrogens with zero attached hydrogens (tertiary/aromatic N) is 1. The van der Waals surface area contributed by atoms with E-state index in [2.05, 4.69) is 5.32 Å². The Kier molecular flexibility index (Phi) is 6.26. The predicted octanol–water partition coefficient (Wildman–Crippen LogP) is 3.89. The van der Waals surface area contributed by atoms with Crippen molar-refractivity contribution in [2.24, 2.45) is 0 Å². The molecule has 1 N–H and O–H groups in total. The van der Waals surface area contributed by atoms with Crippen LogP contribution >= 0.6 is 11.6 Å². The maximum atomic E-state index is 13.2. The highest BCUT2D eigenvalue weighted by atomic mass is 35.5. The van der Waals surface area contributed by atoms with Gasteiger partial charge in [-0.25, -0.2) is 12.8 Å². The van der Waals surface area contributed by atoms with Crippen molar-refractivity contribution in [3.8, 4) is 0 Å². The lowest BCUT2D eigenvalue weighted by molar-refractivity contribution is -0.116. The number of rotatable bonds is 6. The molecule has 0 aromatic heterocycles. The number of hydrogen-bond acceptors (Lipinski definition) is 3. The maximum Gasteiger partial charge on any atom is 0.232 e. The van der Waals surface area contributed by atoms with Crippen LogP contribution in [0.25, 0.3) is 0 Å². The highest BCUT2D eigenvalue weighted by molar-refractivity contribution is 7.92. The minimum absolute atomic E-state index is 0.0114. The lowest BCUT2D eigenvalue weighted by Crippen LogP contribution is -2.33. The summed E-state index contributed by atoms with van der Waals surface area (Å²) in [4.78, 5) is 12.1. The molecule has 2 aromatic rings. The summed E-state index contributed by atoms with van der Waals surface area (Å²) in [7, 11) is -3.55. The van der Waals surface area contributed by atoms with Crippen molar-refractivity contribution in [3.63, 3.8) is 0 Å². The van der Waals surface area contributed by atoms with Crippen LogP contribution in [0.3, 0.4) is 0 Å². The Labute approximate surface area is 157 Å². The molecule has 0 radical (unpaired) electrons. The van der Waals surface area contributed by atoms with Gasteiger partial charge in [0.05, 0.1) is 17.0 Å². The fourth-order valence-corrected chi connectivity index (χ4v) is 3.67. The van der Waals surface area contributed by atoms with Crippen molar-refractivity contribution >= 4 is 38.9 Å². The molecule has 0 atom stereocenters. The first kappa shape index (κ1) is 20.2. The molecule has 8 heteroatoms. The number of hydrogen-bond donors (Lipinski definition) is 1. The summed E-state index contributed by atoms with van der Waals surface area (Å²) < 4.78 is 38.6. The third kappa shape index (κ3) is 5.44. The van der Waals surface area contributed by atoms with Crippen LogP contribution < -0.4 is 9.62 Å². The minimum Gasteiger partial charge on any atom is -0.326 e. The Morgan fingerprint density at radius 1 is 1.15 bits per heavy atom. The van der Waals surface area contributed by atoms with Crippen LogP contribution in [0.4, 0.5) is 15.8 Å². The minimum atomic E-state index is -3.55. The molecule has 0 heterocycles. The second-order valence-corrected chi connectivity index (χ2v) is 8.42. The molecule has 5 nitrogen and oxygen atoms in total. The lowest BCUT2D eigenvalue weighted by Gasteiger charge is -2.23. The van der Waals surface area contributed by atoms with Gasteiger partial charge in [0.25, 0.3) is 0 Å². The molecule has 0 aliphatic carbocycles. The van der Waals surface area contributed by atoms with Crippen molar-refractivity contribution in [2.45, 2.75) is 20.3 Å². The highest BCUT2D eigenvalue weighted by Crippen LogP contribution is 2.22. The first-order chi connectivity index (χ1) is 12.1. The number of nitrogens with one attached hydrogen (secondary N) is 1. The molecule has 0 aliphatic rings. The number of carbonyl (C=O) groups is 1. The van der Waals surface area contributed by atoms with Crippen molar-refractivity contribution in [2.75, 3.05) is 22.4 Å². The van der Waals surface area contributed by atoms with Crippen LogP contribution in [-0.4, -0.2) is 27.1 Å². The molecule has 0 fully saturated rings. The smallest absolute Gasteiger partial charge is 0.232 e. The van der Waals surface area contributed by atoms with Crippen LogP contribution in [0.15, 0.2) is 36.4 Å². The predicted molar refractivity (Wildman–Crippen MR) is 103 cm³/mol. The third-order valence-corrected chi connectivity index (χ3v) is 5.12. The van der Waals surface area contributed by atoms with Crippen LogP contribution in [0.5, 0.6) is 0 Å².